The van der Waals surface area contributed by atoms with Crippen LogP contribution >= 0.6 is 0 Å². The molecule has 1 aliphatic rings. The molecule has 3 aromatic heterocycles. The van der Waals surface area contributed by atoms with Crippen molar-refractivity contribution in [2.24, 2.45) is 0 Å². The summed E-state index contributed by atoms with van der Waals surface area (Å²) in [6.45, 7) is 4.32. The van der Waals surface area contributed by atoms with Gasteiger partial charge in [-0.05, 0) is 38.8 Å². The first kappa shape index (κ1) is 16.5. The molecule has 0 radical (unpaired) electrons. The number of fused-ring (bicyclic) bond motifs is 1. The maximum Gasteiger partial charge on any atom is 0.275 e. The largest absolute Gasteiger partial charge is 0.334 e. The molecule has 0 spiro atoms. The van der Waals surface area contributed by atoms with Crippen LogP contribution in [0.1, 0.15) is 41.5 Å². The molecule has 26 heavy (non-hydrogen) atoms. The van der Waals surface area contributed by atoms with Gasteiger partial charge in [-0.2, -0.15) is 0 Å². The third-order valence-corrected chi connectivity index (χ3v) is 5.09. The first-order chi connectivity index (χ1) is 12.5. The van der Waals surface area contributed by atoms with E-state index in [2.05, 4.69) is 15.1 Å². The highest BCUT2D eigenvalue weighted by Crippen LogP contribution is 2.31. The lowest BCUT2D eigenvalue weighted by atomic mass is 10.1. The molecule has 4 heterocycles. The van der Waals surface area contributed by atoms with Crippen molar-refractivity contribution in [2.45, 2.75) is 39.2 Å². The van der Waals surface area contributed by atoms with Crippen LogP contribution in [0.4, 0.5) is 0 Å². The number of amides is 1. The molecule has 7 nitrogen and oxygen atoms in total. The molecule has 1 N–H and O–H groups in total. The van der Waals surface area contributed by atoms with Crippen molar-refractivity contribution in [3.8, 4) is 0 Å². The van der Waals surface area contributed by atoms with Crippen LogP contribution in [0.2, 0.25) is 0 Å². The van der Waals surface area contributed by atoms with Crippen LogP contribution in [0.3, 0.4) is 0 Å². The monoisotopic (exact) mass is 351 g/mol. The van der Waals surface area contributed by atoms with E-state index in [-0.39, 0.29) is 23.9 Å². The van der Waals surface area contributed by atoms with Crippen molar-refractivity contribution in [1.82, 2.24) is 24.5 Å². The molecule has 3 aromatic rings. The minimum absolute atomic E-state index is 0.0533. The van der Waals surface area contributed by atoms with Crippen LogP contribution in [0.5, 0.6) is 0 Å². The molecular weight excluding hydrogens is 330 g/mol. The molecule has 0 aromatic carbocycles. The Bertz CT molecular complexity index is 1020. The summed E-state index contributed by atoms with van der Waals surface area (Å²) in [6.07, 6.45) is 3.79. The smallest absolute Gasteiger partial charge is 0.275 e. The number of nitrogens with one attached hydrogen (secondary N) is 1. The second kappa shape index (κ2) is 6.40. The van der Waals surface area contributed by atoms with Crippen LogP contribution in [0.15, 0.2) is 35.3 Å². The Kier molecular flexibility index (Phi) is 4.06. The molecule has 1 atom stereocenters. The summed E-state index contributed by atoms with van der Waals surface area (Å²) in [6, 6.07) is 7.41. The highest BCUT2D eigenvalue weighted by atomic mass is 16.2. The van der Waals surface area contributed by atoms with Gasteiger partial charge < -0.3 is 4.90 Å². The number of pyridine rings is 1. The Labute approximate surface area is 150 Å². The summed E-state index contributed by atoms with van der Waals surface area (Å²) in [4.78, 5) is 35.8. The van der Waals surface area contributed by atoms with Gasteiger partial charge in [0.1, 0.15) is 0 Å². The molecule has 0 bridgehead atoms. The lowest BCUT2D eigenvalue weighted by molar-refractivity contribution is -0.131. The first-order valence-corrected chi connectivity index (χ1v) is 8.83. The van der Waals surface area contributed by atoms with Gasteiger partial charge in [-0.15, -0.1) is 0 Å². The molecule has 1 aliphatic heterocycles. The van der Waals surface area contributed by atoms with Crippen molar-refractivity contribution in [3.05, 3.63) is 63.5 Å². The second-order valence-electron chi connectivity index (χ2n) is 6.78. The number of H-pyrrole nitrogens is 1. The molecule has 7 heteroatoms. The lowest BCUT2D eigenvalue weighted by Crippen LogP contribution is -2.32. The predicted molar refractivity (Wildman–Crippen MR) is 96.9 cm³/mol. The summed E-state index contributed by atoms with van der Waals surface area (Å²) >= 11 is 0. The standard InChI is InChI=1S/C19H21N5O2/c1-12-13(2)21-17-11-15(22-24(17)19(12)26)16-7-5-9-23(16)18(25)10-14-6-3-4-8-20-14/h3-4,6,8,11,16,22H,5,7,9-10H2,1-2H3/t16-/m0/s1. The van der Waals surface area contributed by atoms with Crippen molar-refractivity contribution in [2.75, 3.05) is 6.54 Å². The Morgan fingerprint density at radius 1 is 1.35 bits per heavy atom. The molecule has 4 rings (SSSR count). The zero-order chi connectivity index (χ0) is 18.3. The number of aromatic nitrogens is 4. The zero-order valence-electron chi connectivity index (χ0n) is 14.9. The van der Waals surface area contributed by atoms with Crippen LogP contribution < -0.4 is 5.56 Å². The summed E-state index contributed by atoms with van der Waals surface area (Å²) in [5.41, 5.74) is 3.48. The number of rotatable bonds is 3. The molecule has 0 saturated carbocycles. The highest BCUT2D eigenvalue weighted by Gasteiger charge is 2.31. The average molecular weight is 351 g/mol. The Morgan fingerprint density at radius 2 is 2.19 bits per heavy atom. The minimum Gasteiger partial charge on any atom is -0.334 e. The predicted octanol–water partition coefficient (Wildman–Crippen LogP) is 1.94. The normalized spacial score (nSPS) is 17.2. The third-order valence-electron chi connectivity index (χ3n) is 5.09. The van der Waals surface area contributed by atoms with E-state index in [4.69, 9.17) is 0 Å². The number of aryl methyl sites for hydroxylation is 1. The van der Waals surface area contributed by atoms with Gasteiger partial charge in [-0.3, -0.25) is 19.7 Å². The molecule has 134 valence electrons. The second-order valence-corrected chi connectivity index (χ2v) is 6.78. The minimum atomic E-state index is -0.0943. The Morgan fingerprint density at radius 3 is 2.96 bits per heavy atom. The van der Waals surface area contributed by atoms with Gasteiger partial charge in [0.15, 0.2) is 5.65 Å². The summed E-state index contributed by atoms with van der Waals surface area (Å²) in [5, 5.41) is 3.15. The van der Waals surface area contributed by atoms with E-state index in [0.717, 1.165) is 29.9 Å². The van der Waals surface area contributed by atoms with Gasteiger partial charge in [0.25, 0.3) is 5.56 Å². The van der Waals surface area contributed by atoms with Gasteiger partial charge in [0, 0.05) is 35.8 Å². The average Bonchev–Trinajstić information content (AvgIpc) is 3.27. The maximum absolute atomic E-state index is 12.8. The van der Waals surface area contributed by atoms with Gasteiger partial charge in [0.05, 0.1) is 18.2 Å². The fourth-order valence-electron chi connectivity index (χ4n) is 3.56. The van der Waals surface area contributed by atoms with E-state index >= 15 is 0 Å². The maximum atomic E-state index is 12.8. The van der Waals surface area contributed by atoms with Crippen molar-refractivity contribution in [3.63, 3.8) is 0 Å². The van der Waals surface area contributed by atoms with E-state index in [9.17, 15) is 9.59 Å². The number of likely N-dealkylation sites (tertiary alicyclic amines) is 1. The number of carbonyl (C=O) groups is 1. The molecule has 1 amide bonds. The van der Waals surface area contributed by atoms with Gasteiger partial charge in [-0.1, -0.05) is 6.07 Å². The molecule has 1 saturated heterocycles. The van der Waals surface area contributed by atoms with Crippen molar-refractivity contribution in [1.29, 1.82) is 0 Å². The first-order valence-electron chi connectivity index (χ1n) is 8.83. The molecule has 0 unspecified atom stereocenters. The van der Waals surface area contributed by atoms with Crippen LogP contribution in [0.25, 0.3) is 5.65 Å². The number of aromatic amines is 1. The van der Waals surface area contributed by atoms with Crippen LogP contribution in [-0.4, -0.2) is 36.9 Å². The van der Waals surface area contributed by atoms with Gasteiger partial charge in [0.2, 0.25) is 5.91 Å². The van der Waals surface area contributed by atoms with E-state index in [1.165, 1.54) is 4.52 Å². The molecular formula is C19H21N5O2. The topological polar surface area (TPSA) is 83.4 Å². The molecule has 0 aliphatic carbocycles. The lowest BCUT2D eigenvalue weighted by Gasteiger charge is -2.23. The summed E-state index contributed by atoms with van der Waals surface area (Å²) in [5.74, 6) is 0.0533. The quantitative estimate of drug-likeness (QED) is 0.782. The fourth-order valence-corrected chi connectivity index (χ4v) is 3.56. The SMILES string of the molecule is Cc1nc2cc([C@@H]3CCCN3C(=O)Cc3ccccn3)[nH]n2c(=O)c1C. The Hall–Kier alpha value is -2.96. The number of hydrogen-bond donors (Lipinski definition) is 1. The molecule has 1 fully saturated rings. The van der Waals surface area contributed by atoms with Crippen molar-refractivity contribution >= 4 is 11.6 Å². The Balaban J connectivity index is 1.64. The fraction of sp³-hybridized carbons (Fsp3) is 0.368. The van der Waals surface area contributed by atoms with Gasteiger partial charge in [-0.25, -0.2) is 9.50 Å². The third kappa shape index (κ3) is 2.79. The number of nitrogens with zero attached hydrogens (tertiary/aromatic N) is 4. The van der Waals surface area contributed by atoms with E-state index in [0.29, 0.717) is 17.8 Å². The van der Waals surface area contributed by atoms with E-state index in [1.54, 1.807) is 13.1 Å². The summed E-state index contributed by atoms with van der Waals surface area (Å²) < 4.78 is 1.47. The van der Waals surface area contributed by atoms with Crippen LogP contribution in [-0.2, 0) is 11.2 Å². The number of carbonyl (C=O) groups excluding carboxylic acids is 1. The van der Waals surface area contributed by atoms with E-state index in [1.807, 2.05) is 36.1 Å². The highest BCUT2D eigenvalue weighted by molar-refractivity contribution is 5.79. The zero-order valence-corrected chi connectivity index (χ0v) is 14.9. The van der Waals surface area contributed by atoms with Crippen molar-refractivity contribution < 1.29 is 4.79 Å². The van der Waals surface area contributed by atoms with E-state index < -0.39 is 0 Å². The number of hydrogen-bond acceptors (Lipinski definition) is 4. The van der Waals surface area contributed by atoms with Crippen LogP contribution in [0, 0.1) is 13.8 Å². The van der Waals surface area contributed by atoms with Gasteiger partial charge >= 0.3 is 0 Å². The summed E-state index contributed by atoms with van der Waals surface area (Å²) in [7, 11) is 0.